The Labute approximate surface area is 99.6 Å². The molecule has 1 aromatic rings. The number of hydrogen-bond donors (Lipinski definition) is 1. The summed E-state index contributed by atoms with van der Waals surface area (Å²) in [5, 5.41) is 3.80. The summed E-state index contributed by atoms with van der Waals surface area (Å²) in [6.07, 6.45) is 8.21. The summed E-state index contributed by atoms with van der Waals surface area (Å²) in [6.45, 7) is 0.991. The lowest BCUT2D eigenvalue weighted by atomic mass is 10.0. The molecule has 0 bridgehead atoms. The van der Waals surface area contributed by atoms with Crippen LogP contribution in [-0.4, -0.2) is 15.3 Å². The number of nitrogens with one attached hydrogen (secondary N) is 1. The van der Waals surface area contributed by atoms with Gasteiger partial charge in [0.05, 0.1) is 11.7 Å². The monoisotopic (exact) mass is 245 g/mol. The molecule has 1 saturated carbocycles. The molecule has 1 heterocycles. The van der Waals surface area contributed by atoms with Gasteiger partial charge in [0.15, 0.2) is 11.0 Å². The molecule has 1 aliphatic carbocycles. The fourth-order valence-electron chi connectivity index (χ4n) is 2.09. The van der Waals surface area contributed by atoms with E-state index in [1.807, 2.05) is 0 Å². The van der Waals surface area contributed by atoms with E-state index in [0.717, 1.165) is 30.0 Å². The van der Waals surface area contributed by atoms with Crippen molar-refractivity contribution in [3.8, 4) is 0 Å². The third-order valence-electron chi connectivity index (χ3n) is 2.98. The normalized spacial score (nSPS) is 18.7. The molecule has 0 unspecified atom stereocenters. The predicted octanol–water partition coefficient (Wildman–Crippen LogP) is 3.57. The van der Waals surface area contributed by atoms with Gasteiger partial charge >= 0.3 is 0 Å². The molecule has 1 aliphatic rings. The number of aromatic nitrogens is 2. The van der Waals surface area contributed by atoms with Crippen molar-refractivity contribution in [1.82, 2.24) is 8.75 Å². The predicted molar refractivity (Wildman–Crippen MR) is 64.6 cm³/mol. The molecule has 1 aromatic heterocycles. The van der Waals surface area contributed by atoms with Crippen LogP contribution < -0.4 is 5.32 Å². The van der Waals surface area contributed by atoms with Crippen LogP contribution in [0.3, 0.4) is 0 Å². The lowest BCUT2D eigenvalue weighted by Gasteiger charge is -2.14. The molecule has 0 amide bonds. The molecule has 0 atom stereocenters. The zero-order valence-electron chi connectivity index (χ0n) is 8.71. The van der Waals surface area contributed by atoms with Gasteiger partial charge in [-0.25, -0.2) is 0 Å². The Kier molecular flexibility index (Phi) is 4.20. The van der Waals surface area contributed by atoms with Crippen molar-refractivity contribution in [2.45, 2.75) is 38.5 Å². The number of hydrogen-bond acceptors (Lipinski definition) is 4. The summed E-state index contributed by atoms with van der Waals surface area (Å²) >= 11 is 7.03. The summed E-state index contributed by atoms with van der Waals surface area (Å²) in [5.74, 6) is 1.54. The van der Waals surface area contributed by atoms with Gasteiger partial charge in [-0.3, -0.25) is 0 Å². The van der Waals surface area contributed by atoms with Gasteiger partial charge in [0.1, 0.15) is 0 Å². The summed E-state index contributed by atoms with van der Waals surface area (Å²) < 4.78 is 8.04. The van der Waals surface area contributed by atoms with Crippen LogP contribution >= 0.6 is 23.3 Å². The summed E-state index contributed by atoms with van der Waals surface area (Å²) in [5.41, 5.74) is 0. The molecule has 1 N–H and O–H groups in total. The Hall–Kier alpha value is -0.350. The molecule has 0 saturated heterocycles. The topological polar surface area (TPSA) is 37.8 Å². The van der Waals surface area contributed by atoms with Crippen LogP contribution in [0.1, 0.15) is 38.5 Å². The molecule has 1 fully saturated rings. The first-order valence-electron chi connectivity index (χ1n) is 5.58. The van der Waals surface area contributed by atoms with E-state index in [0.29, 0.717) is 5.15 Å². The van der Waals surface area contributed by atoms with Crippen molar-refractivity contribution in [3.63, 3.8) is 0 Å². The summed E-state index contributed by atoms with van der Waals surface area (Å²) in [4.78, 5) is 0. The second-order valence-corrected chi connectivity index (χ2v) is 5.03. The van der Waals surface area contributed by atoms with Crippen molar-refractivity contribution in [2.24, 2.45) is 5.92 Å². The molecule has 0 spiro atoms. The highest BCUT2D eigenvalue weighted by Gasteiger charge is 2.13. The van der Waals surface area contributed by atoms with Crippen LogP contribution in [-0.2, 0) is 0 Å². The average molecular weight is 246 g/mol. The van der Waals surface area contributed by atoms with Crippen molar-refractivity contribution in [1.29, 1.82) is 0 Å². The number of rotatable bonds is 3. The average Bonchev–Trinajstić information content (AvgIpc) is 2.53. The molecule has 15 heavy (non-hydrogen) atoms. The number of halogens is 1. The molecular weight excluding hydrogens is 230 g/mol. The summed E-state index contributed by atoms with van der Waals surface area (Å²) in [7, 11) is 0. The highest BCUT2D eigenvalue weighted by atomic mass is 35.5. The van der Waals surface area contributed by atoms with Gasteiger partial charge in [0, 0.05) is 6.54 Å². The number of nitrogens with zero attached hydrogens (tertiary/aromatic N) is 2. The van der Waals surface area contributed by atoms with E-state index in [4.69, 9.17) is 11.6 Å². The quantitative estimate of drug-likeness (QED) is 0.828. The molecular formula is C10H16ClN3S. The molecule has 0 aliphatic heterocycles. The van der Waals surface area contributed by atoms with Crippen molar-refractivity contribution < 1.29 is 0 Å². The maximum Gasteiger partial charge on any atom is 0.186 e. The van der Waals surface area contributed by atoms with Crippen LogP contribution in [0.15, 0.2) is 0 Å². The van der Waals surface area contributed by atoms with Crippen LogP contribution in [0.2, 0.25) is 5.15 Å². The standard InChI is InChI=1S/C10H16ClN3S/c11-9-10(14-15-13-9)12-7-8-5-3-1-2-4-6-8/h8H,1-7H2,(H,12,14). The highest BCUT2D eigenvalue weighted by Crippen LogP contribution is 2.24. The zero-order valence-corrected chi connectivity index (χ0v) is 10.3. The van der Waals surface area contributed by atoms with Gasteiger partial charge in [0.2, 0.25) is 0 Å². The van der Waals surface area contributed by atoms with Gasteiger partial charge < -0.3 is 5.32 Å². The lowest BCUT2D eigenvalue weighted by Crippen LogP contribution is -2.13. The maximum atomic E-state index is 5.86. The fourth-order valence-corrected chi connectivity index (χ4v) is 2.78. The van der Waals surface area contributed by atoms with Crippen molar-refractivity contribution >= 4 is 29.1 Å². The minimum Gasteiger partial charge on any atom is -0.366 e. The van der Waals surface area contributed by atoms with Crippen LogP contribution in [0.5, 0.6) is 0 Å². The van der Waals surface area contributed by atoms with Gasteiger partial charge in [-0.2, -0.15) is 8.75 Å². The minimum atomic E-state index is 0.508. The second kappa shape index (κ2) is 5.66. The number of anilines is 1. The first-order chi connectivity index (χ1) is 7.36. The molecule has 5 heteroatoms. The van der Waals surface area contributed by atoms with Gasteiger partial charge in [0.25, 0.3) is 0 Å². The molecule has 0 aromatic carbocycles. The zero-order chi connectivity index (χ0) is 10.5. The Bertz CT molecular complexity index is 295. The first kappa shape index (κ1) is 11.1. The summed E-state index contributed by atoms with van der Waals surface area (Å²) in [6, 6.07) is 0. The van der Waals surface area contributed by atoms with E-state index < -0.39 is 0 Å². The molecule has 2 rings (SSSR count). The van der Waals surface area contributed by atoms with E-state index in [2.05, 4.69) is 14.1 Å². The van der Waals surface area contributed by atoms with Gasteiger partial charge in [-0.1, -0.05) is 37.3 Å². The second-order valence-electron chi connectivity index (χ2n) is 4.14. The van der Waals surface area contributed by atoms with Crippen LogP contribution in [0.25, 0.3) is 0 Å². The maximum absolute atomic E-state index is 5.86. The Morgan fingerprint density at radius 2 is 1.93 bits per heavy atom. The SMILES string of the molecule is Clc1nsnc1NCC1CCCCCC1. The third-order valence-corrected chi connectivity index (χ3v) is 3.87. The van der Waals surface area contributed by atoms with E-state index in [9.17, 15) is 0 Å². The smallest absolute Gasteiger partial charge is 0.186 e. The highest BCUT2D eigenvalue weighted by molar-refractivity contribution is 6.99. The lowest BCUT2D eigenvalue weighted by molar-refractivity contribution is 0.483. The van der Waals surface area contributed by atoms with E-state index in [1.165, 1.54) is 38.5 Å². The van der Waals surface area contributed by atoms with E-state index in [1.54, 1.807) is 0 Å². The molecule has 0 radical (unpaired) electrons. The van der Waals surface area contributed by atoms with Crippen LogP contribution in [0, 0.1) is 5.92 Å². The molecule has 3 nitrogen and oxygen atoms in total. The Morgan fingerprint density at radius 1 is 1.20 bits per heavy atom. The first-order valence-corrected chi connectivity index (χ1v) is 6.69. The largest absolute Gasteiger partial charge is 0.366 e. The Morgan fingerprint density at radius 3 is 2.53 bits per heavy atom. The van der Waals surface area contributed by atoms with E-state index in [-0.39, 0.29) is 0 Å². The van der Waals surface area contributed by atoms with E-state index >= 15 is 0 Å². The minimum absolute atomic E-state index is 0.508. The molecule has 84 valence electrons. The van der Waals surface area contributed by atoms with Gasteiger partial charge in [-0.05, 0) is 18.8 Å². The Balaban J connectivity index is 1.79. The third kappa shape index (κ3) is 3.31. The fraction of sp³-hybridized carbons (Fsp3) is 0.800. The van der Waals surface area contributed by atoms with Crippen LogP contribution in [0.4, 0.5) is 5.82 Å². The van der Waals surface area contributed by atoms with Gasteiger partial charge in [-0.15, -0.1) is 0 Å². The van der Waals surface area contributed by atoms with Crippen molar-refractivity contribution in [3.05, 3.63) is 5.15 Å². The van der Waals surface area contributed by atoms with Crippen molar-refractivity contribution in [2.75, 3.05) is 11.9 Å².